The molecule has 1 saturated carbocycles. The highest BCUT2D eigenvalue weighted by Crippen LogP contribution is 2.34. The summed E-state index contributed by atoms with van der Waals surface area (Å²) < 4.78 is 2.83. The number of hydrogen-bond donors (Lipinski definition) is 1. The monoisotopic (exact) mass is 361 g/mol. The lowest BCUT2D eigenvalue weighted by Gasteiger charge is -2.12. The van der Waals surface area contributed by atoms with E-state index in [2.05, 4.69) is 10.3 Å². The van der Waals surface area contributed by atoms with Crippen LogP contribution in [0.2, 0.25) is 5.02 Å². The molecule has 124 valence electrons. The fourth-order valence-electron chi connectivity index (χ4n) is 3.28. The molecule has 1 aliphatic rings. The fraction of sp³-hybridized carbons (Fsp3) is 0.353. The quantitative estimate of drug-likeness (QED) is 0.778. The van der Waals surface area contributed by atoms with Crippen LogP contribution in [0.3, 0.4) is 0 Å². The van der Waals surface area contributed by atoms with E-state index in [0.29, 0.717) is 15.2 Å². The predicted molar refractivity (Wildman–Crippen MR) is 96.8 cm³/mol. The van der Waals surface area contributed by atoms with Crippen LogP contribution in [0.5, 0.6) is 0 Å². The third kappa shape index (κ3) is 2.70. The number of carbonyl (C=O) groups is 1. The zero-order chi connectivity index (χ0) is 16.7. The molecule has 0 spiro atoms. The first-order chi connectivity index (χ1) is 11.6. The summed E-state index contributed by atoms with van der Waals surface area (Å²) in [6.07, 6.45) is 5.79. The van der Waals surface area contributed by atoms with Gasteiger partial charge in [0, 0.05) is 16.1 Å². The van der Waals surface area contributed by atoms with E-state index in [1.165, 1.54) is 22.2 Å². The molecule has 0 atom stereocenters. The molecule has 0 saturated heterocycles. The summed E-state index contributed by atoms with van der Waals surface area (Å²) in [5.41, 5.74) is 0.414. The molecule has 4 rings (SSSR count). The Bertz CT molecular complexity index is 989. The third-order valence-electron chi connectivity index (χ3n) is 4.45. The van der Waals surface area contributed by atoms with Crippen LogP contribution in [0.4, 0.5) is 0 Å². The number of benzene rings is 1. The zero-order valence-corrected chi connectivity index (χ0v) is 14.5. The maximum atomic E-state index is 12.7. The van der Waals surface area contributed by atoms with Gasteiger partial charge in [0.1, 0.15) is 11.2 Å². The van der Waals surface area contributed by atoms with Crippen molar-refractivity contribution >= 4 is 49.1 Å². The molecule has 1 N–H and O–H groups in total. The Morgan fingerprint density at radius 2 is 2.17 bits per heavy atom. The third-order valence-corrected chi connectivity index (χ3v) is 5.90. The minimum Gasteiger partial charge on any atom is -0.352 e. The van der Waals surface area contributed by atoms with Crippen LogP contribution in [0.1, 0.15) is 25.7 Å². The highest BCUT2D eigenvalue weighted by molar-refractivity contribution is 7.25. The van der Waals surface area contributed by atoms with Crippen LogP contribution in [-0.4, -0.2) is 21.5 Å². The Morgan fingerprint density at radius 3 is 2.96 bits per heavy atom. The number of fused-ring (bicyclic) bond motifs is 3. The average molecular weight is 362 g/mol. The molecule has 7 heteroatoms. The van der Waals surface area contributed by atoms with Crippen molar-refractivity contribution in [3.8, 4) is 0 Å². The lowest BCUT2D eigenvalue weighted by molar-refractivity contribution is -0.122. The maximum Gasteiger partial charge on any atom is 0.271 e. The minimum atomic E-state index is -0.196. The van der Waals surface area contributed by atoms with E-state index in [9.17, 15) is 9.59 Å². The summed E-state index contributed by atoms with van der Waals surface area (Å²) in [4.78, 5) is 29.2. The van der Waals surface area contributed by atoms with Crippen molar-refractivity contribution in [2.75, 3.05) is 0 Å². The first kappa shape index (κ1) is 15.6. The molecular weight excluding hydrogens is 346 g/mol. The van der Waals surface area contributed by atoms with Gasteiger partial charge in [0.15, 0.2) is 0 Å². The summed E-state index contributed by atoms with van der Waals surface area (Å²) in [5.74, 6) is -0.135. The van der Waals surface area contributed by atoms with E-state index in [1.807, 2.05) is 12.1 Å². The second-order valence-corrected chi connectivity index (χ2v) is 7.58. The van der Waals surface area contributed by atoms with Gasteiger partial charge >= 0.3 is 0 Å². The number of nitrogens with one attached hydrogen (secondary N) is 1. The molecular formula is C17H16ClN3O2S. The highest BCUT2D eigenvalue weighted by Gasteiger charge is 2.19. The van der Waals surface area contributed by atoms with E-state index in [0.717, 1.165) is 35.8 Å². The summed E-state index contributed by atoms with van der Waals surface area (Å²) >= 11 is 7.61. The number of halogens is 1. The average Bonchev–Trinajstić information content (AvgIpc) is 3.18. The Hall–Kier alpha value is -1.92. The van der Waals surface area contributed by atoms with Gasteiger partial charge in [-0.05, 0) is 25.0 Å². The first-order valence-electron chi connectivity index (χ1n) is 7.99. The summed E-state index contributed by atoms with van der Waals surface area (Å²) in [6, 6.07) is 5.81. The van der Waals surface area contributed by atoms with Crippen molar-refractivity contribution in [3.05, 3.63) is 39.9 Å². The molecule has 5 nitrogen and oxygen atoms in total. The Kier molecular flexibility index (Phi) is 4.02. The van der Waals surface area contributed by atoms with Crippen LogP contribution in [0, 0.1) is 0 Å². The lowest BCUT2D eigenvalue weighted by Crippen LogP contribution is -2.37. The van der Waals surface area contributed by atoms with Gasteiger partial charge in [-0.25, -0.2) is 4.98 Å². The van der Waals surface area contributed by atoms with E-state index >= 15 is 0 Å². The molecule has 2 aromatic heterocycles. The minimum absolute atomic E-state index is 0.000249. The van der Waals surface area contributed by atoms with E-state index in [-0.39, 0.29) is 24.1 Å². The van der Waals surface area contributed by atoms with Crippen molar-refractivity contribution in [1.82, 2.24) is 14.9 Å². The van der Waals surface area contributed by atoms with Crippen LogP contribution in [0.15, 0.2) is 29.3 Å². The molecule has 0 aliphatic heterocycles. The molecule has 1 aromatic carbocycles. The number of thiophene rings is 1. The fourth-order valence-corrected chi connectivity index (χ4v) is 4.73. The van der Waals surface area contributed by atoms with Gasteiger partial charge in [0.2, 0.25) is 5.91 Å². The largest absolute Gasteiger partial charge is 0.352 e. The van der Waals surface area contributed by atoms with Crippen LogP contribution in [-0.2, 0) is 11.3 Å². The van der Waals surface area contributed by atoms with E-state index in [4.69, 9.17) is 11.6 Å². The maximum absolute atomic E-state index is 12.7. The van der Waals surface area contributed by atoms with Gasteiger partial charge in [-0.3, -0.25) is 14.2 Å². The zero-order valence-electron chi connectivity index (χ0n) is 12.9. The lowest BCUT2D eigenvalue weighted by atomic mass is 10.2. The SMILES string of the molecule is O=C(Cn1cnc2c(sc3cccc(Cl)c32)c1=O)NC1CCCC1. The molecule has 1 amide bonds. The number of amides is 1. The molecule has 3 aromatic rings. The number of nitrogens with zero attached hydrogens (tertiary/aromatic N) is 2. The molecule has 0 unspecified atom stereocenters. The van der Waals surface area contributed by atoms with Crippen LogP contribution >= 0.6 is 22.9 Å². The second-order valence-electron chi connectivity index (χ2n) is 6.12. The molecule has 1 fully saturated rings. The van der Waals surface area contributed by atoms with Gasteiger partial charge in [0.05, 0.1) is 16.9 Å². The molecule has 24 heavy (non-hydrogen) atoms. The summed E-state index contributed by atoms with van der Waals surface area (Å²) in [5, 5.41) is 4.38. The summed E-state index contributed by atoms with van der Waals surface area (Å²) in [6.45, 7) is 0.000249. The van der Waals surface area contributed by atoms with Gasteiger partial charge < -0.3 is 5.32 Å². The second kappa shape index (κ2) is 6.18. The van der Waals surface area contributed by atoms with Gasteiger partial charge in [-0.1, -0.05) is 30.5 Å². The molecule has 0 bridgehead atoms. The van der Waals surface area contributed by atoms with E-state index in [1.54, 1.807) is 6.07 Å². The molecule has 1 aliphatic carbocycles. The van der Waals surface area contributed by atoms with Crippen LogP contribution in [0.25, 0.3) is 20.3 Å². The Balaban J connectivity index is 1.68. The smallest absolute Gasteiger partial charge is 0.271 e. The number of rotatable bonds is 3. The normalized spacial score (nSPS) is 15.4. The van der Waals surface area contributed by atoms with E-state index < -0.39 is 0 Å². The van der Waals surface area contributed by atoms with Crippen molar-refractivity contribution in [2.24, 2.45) is 0 Å². The van der Waals surface area contributed by atoms with Crippen molar-refractivity contribution in [1.29, 1.82) is 0 Å². The topological polar surface area (TPSA) is 64.0 Å². The predicted octanol–water partition coefficient (Wildman–Crippen LogP) is 3.32. The van der Waals surface area contributed by atoms with Gasteiger partial charge in [-0.2, -0.15) is 0 Å². The number of aromatic nitrogens is 2. The van der Waals surface area contributed by atoms with Gasteiger partial charge in [0.25, 0.3) is 5.56 Å². The number of hydrogen-bond acceptors (Lipinski definition) is 4. The Labute approximate surface area is 147 Å². The highest BCUT2D eigenvalue weighted by atomic mass is 35.5. The summed E-state index contributed by atoms with van der Waals surface area (Å²) in [7, 11) is 0. The van der Waals surface area contributed by atoms with Crippen LogP contribution < -0.4 is 10.9 Å². The van der Waals surface area contributed by atoms with Gasteiger partial charge in [-0.15, -0.1) is 11.3 Å². The van der Waals surface area contributed by atoms with Crippen molar-refractivity contribution < 1.29 is 4.79 Å². The van der Waals surface area contributed by atoms with Crippen molar-refractivity contribution in [2.45, 2.75) is 38.3 Å². The number of carbonyl (C=O) groups excluding carboxylic acids is 1. The first-order valence-corrected chi connectivity index (χ1v) is 9.18. The standard InChI is InChI=1S/C17H16ClN3O2S/c18-11-6-3-7-12-14(11)15-16(24-12)17(23)21(9-19-15)8-13(22)20-10-4-1-2-5-10/h3,6-7,9-10H,1-2,4-5,8H2,(H,20,22). The van der Waals surface area contributed by atoms with Crippen molar-refractivity contribution in [3.63, 3.8) is 0 Å². The Morgan fingerprint density at radius 1 is 1.38 bits per heavy atom. The molecule has 0 radical (unpaired) electrons. The molecule has 2 heterocycles.